The van der Waals surface area contributed by atoms with Crippen LogP contribution in [-0.2, 0) is 0 Å². The first kappa shape index (κ1) is 19.3. The van der Waals surface area contributed by atoms with Crippen molar-refractivity contribution in [2.45, 2.75) is 0 Å². The predicted molar refractivity (Wildman–Crippen MR) is 159 cm³/mol. The second-order valence-corrected chi connectivity index (χ2v) is 10.2. The van der Waals surface area contributed by atoms with Crippen LogP contribution in [0.2, 0.25) is 0 Å². The van der Waals surface area contributed by atoms with Crippen molar-refractivity contribution in [3.05, 3.63) is 127 Å². The minimum absolute atomic E-state index is 1.25. The summed E-state index contributed by atoms with van der Waals surface area (Å²) in [5.74, 6) is 0. The second kappa shape index (κ2) is 6.87. The lowest BCUT2D eigenvalue weighted by molar-refractivity contribution is 1.36. The number of hydrogen-bond donors (Lipinski definition) is 0. The highest BCUT2D eigenvalue weighted by atomic mass is 14.9. The van der Waals surface area contributed by atoms with Gasteiger partial charge in [0.25, 0.3) is 0 Å². The van der Waals surface area contributed by atoms with Crippen LogP contribution in [0.15, 0.2) is 127 Å². The molecule has 1 nitrogen and oxygen atoms in total. The fraction of sp³-hybridized carbons (Fsp3) is 0. The molecule has 170 valence electrons. The SMILES string of the molecule is c1ccc2cc(-c3ccc4c(c3)c3ccc5ccc6cccc7c8ccccc8n4c3c5c67)ccc2c1. The van der Waals surface area contributed by atoms with Crippen molar-refractivity contribution < 1.29 is 0 Å². The average Bonchev–Trinajstić information content (AvgIpc) is 3.23. The summed E-state index contributed by atoms with van der Waals surface area (Å²) in [6.07, 6.45) is 0. The van der Waals surface area contributed by atoms with Gasteiger partial charge in [0.2, 0.25) is 0 Å². The number of benzene rings is 7. The molecule has 9 aromatic rings. The van der Waals surface area contributed by atoms with E-state index in [0.717, 1.165) is 0 Å². The highest BCUT2D eigenvalue weighted by Crippen LogP contribution is 2.43. The van der Waals surface area contributed by atoms with Crippen LogP contribution in [0.1, 0.15) is 0 Å². The van der Waals surface area contributed by atoms with E-state index in [1.54, 1.807) is 0 Å². The summed E-state index contributed by atoms with van der Waals surface area (Å²) in [7, 11) is 0. The van der Waals surface area contributed by atoms with Crippen LogP contribution in [-0.4, -0.2) is 4.40 Å². The zero-order valence-corrected chi connectivity index (χ0v) is 20.1. The van der Waals surface area contributed by atoms with Gasteiger partial charge in [-0.15, -0.1) is 0 Å². The van der Waals surface area contributed by atoms with Gasteiger partial charge in [0, 0.05) is 21.5 Å². The minimum Gasteiger partial charge on any atom is -0.308 e. The average molecular weight is 468 g/mol. The standard InChI is InChI=1S/C36H21N/c1-2-7-25-20-26(15-12-22(25)6-1)27-17-19-33-31(21-27)30-18-16-24-14-13-23-8-5-10-29-28-9-3-4-11-32(28)37(33)36(30)35(24)34(23)29/h1-21H. The Labute approximate surface area is 213 Å². The molecule has 0 fully saturated rings. The van der Waals surface area contributed by atoms with Gasteiger partial charge in [0.15, 0.2) is 0 Å². The third-order valence-electron chi connectivity index (χ3n) is 8.27. The van der Waals surface area contributed by atoms with Crippen molar-refractivity contribution in [2.75, 3.05) is 0 Å². The van der Waals surface area contributed by atoms with Gasteiger partial charge in [0.1, 0.15) is 0 Å². The van der Waals surface area contributed by atoms with E-state index in [-0.39, 0.29) is 0 Å². The van der Waals surface area contributed by atoms with E-state index in [0.29, 0.717) is 0 Å². The highest BCUT2D eigenvalue weighted by Gasteiger charge is 2.18. The number of nitrogens with zero attached hydrogens (tertiary/aromatic N) is 1. The van der Waals surface area contributed by atoms with E-state index in [2.05, 4.69) is 132 Å². The molecule has 0 saturated heterocycles. The molecule has 0 saturated carbocycles. The molecule has 0 unspecified atom stereocenters. The fourth-order valence-corrected chi connectivity index (χ4v) is 6.61. The van der Waals surface area contributed by atoms with E-state index < -0.39 is 0 Å². The Morgan fingerprint density at radius 1 is 0.351 bits per heavy atom. The van der Waals surface area contributed by atoms with Gasteiger partial charge >= 0.3 is 0 Å². The Morgan fingerprint density at radius 3 is 1.95 bits per heavy atom. The van der Waals surface area contributed by atoms with E-state index >= 15 is 0 Å². The van der Waals surface area contributed by atoms with Gasteiger partial charge in [0.05, 0.1) is 16.6 Å². The lowest BCUT2D eigenvalue weighted by Gasteiger charge is -2.07. The topological polar surface area (TPSA) is 4.41 Å². The van der Waals surface area contributed by atoms with E-state index in [9.17, 15) is 0 Å². The summed E-state index contributed by atoms with van der Waals surface area (Å²) < 4.78 is 2.51. The van der Waals surface area contributed by atoms with Crippen molar-refractivity contribution in [3.63, 3.8) is 0 Å². The predicted octanol–water partition coefficient (Wildman–Crippen LogP) is 9.96. The molecule has 2 heterocycles. The van der Waals surface area contributed by atoms with Crippen molar-refractivity contribution >= 4 is 70.4 Å². The summed E-state index contributed by atoms with van der Waals surface area (Å²) in [6, 6.07) is 47.1. The number of para-hydroxylation sites is 1. The smallest absolute Gasteiger partial charge is 0.0626 e. The van der Waals surface area contributed by atoms with E-state index in [4.69, 9.17) is 0 Å². The Bertz CT molecular complexity index is 2350. The normalized spacial score (nSPS) is 12.3. The molecule has 0 atom stereocenters. The Morgan fingerprint density at radius 2 is 1.00 bits per heavy atom. The zero-order valence-electron chi connectivity index (χ0n) is 20.1. The van der Waals surface area contributed by atoms with Crippen LogP contribution in [0.5, 0.6) is 0 Å². The third kappa shape index (κ3) is 2.48. The highest BCUT2D eigenvalue weighted by molar-refractivity contribution is 6.32. The molecular formula is C36H21N. The van der Waals surface area contributed by atoms with Crippen LogP contribution in [0.3, 0.4) is 0 Å². The monoisotopic (exact) mass is 467 g/mol. The first-order valence-corrected chi connectivity index (χ1v) is 12.9. The molecule has 0 aliphatic rings. The van der Waals surface area contributed by atoms with Crippen molar-refractivity contribution in [2.24, 2.45) is 0 Å². The summed E-state index contributed by atoms with van der Waals surface area (Å²) >= 11 is 0. The molecule has 0 radical (unpaired) electrons. The van der Waals surface area contributed by atoms with Crippen molar-refractivity contribution in [3.8, 4) is 11.1 Å². The lowest BCUT2D eigenvalue weighted by Crippen LogP contribution is -1.85. The van der Waals surface area contributed by atoms with Crippen LogP contribution in [0, 0.1) is 0 Å². The fourth-order valence-electron chi connectivity index (χ4n) is 6.61. The quantitative estimate of drug-likeness (QED) is 0.212. The van der Waals surface area contributed by atoms with Gasteiger partial charge < -0.3 is 4.40 Å². The van der Waals surface area contributed by atoms with Gasteiger partial charge in [-0.1, -0.05) is 103 Å². The molecule has 7 aromatic carbocycles. The molecule has 0 N–H and O–H groups in total. The summed E-state index contributed by atoms with van der Waals surface area (Å²) in [4.78, 5) is 0. The third-order valence-corrected chi connectivity index (χ3v) is 8.27. The van der Waals surface area contributed by atoms with Crippen LogP contribution < -0.4 is 0 Å². The van der Waals surface area contributed by atoms with Crippen LogP contribution >= 0.6 is 0 Å². The first-order chi connectivity index (χ1) is 18.3. The zero-order chi connectivity index (χ0) is 24.1. The molecule has 1 heteroatoms. The van der Waals surface area contributed by atoms with Crippen LogP contribution in [0.4, 0.5) is 0 Å². The molecule has 2 aromatic heterocycles. The number of aromatic nitrogens is 1. The minimum atomic E-state index is 1.25. The van der Waals surface area contributed by atoms with Gasteiger partial charge in [-0.25, -0.2) is 0 Å². The lowest BCUT2D eigenvalue weighted by atomic mass is 9.95. The Kier molecular flexibility index (Phi) is 3.59. The Balaban J connectivity index is 1.50. The van der Waals surface area contributed by atoms with Gasteiger partial charge in [-0.3, -0.25) is 0 Å². The van der Waals surface area contributed by atoms with Crippen molar-refractivity contribution in [1.82, 2.24) is 4.40 Å². The van der Waals surface area contributed by atoms with Crippen molar-refractivity contribution in [1.29, 1.82) is 0 Å². The molecule has 0 aliphatic heterocycles. The maximum Gasteiger partial charge on any atom is 0.0626 e. The van der Waals surface area contributed by atoms with Gasteiger partial charge in [-0.2, -0.15) is 0 Å². The Hall–Kier alpha value is -4.88. The molecule has 0 aliphatic carbocycles. The maximum atomic E-state index is 2.51. The molecule has 0 spiro atoms. The summed E-state index contributed by atoms with van der Waals surface area (Å²) in [6.45, 7) is 0. The summed E-state index contributed by atoms with van der Waals surface area (Å²) in [5.41, 5.74) is 6.32. The molecular weight excluding hydrogens is 446 g/mol. The van der Waals surface area contributed by atoms with Crippen LogP contribution in [0.25, 0.3) is 81.5 Å². The first-order valence-electron chi connectivity index (χ1n) is 12.9. The molecule has 0 amide bonds. The van der Waals surface area contributed by atoms with E-state index in [1.165, 1.54) is 81.5 Å². The molecule has 37 heavy (non-hydrogen) atoms. The second-order valence-electron chi connectivity index (χ2n) is 10.2. The number of fused-ring (bicyclic) bond motifs is 7. The summed E-state index contributed by atoms with van der Waals surface area (Å²) in [5, 5.41) is 13.1. The number of rotatable bonds is 1. The van der Waals surface area contributed by atoms with Gasteiger partial charge in [-0.05, 0) is 67.7 Å². The van der Waals surface area contributed by atoms with E-state index in [1.807, 2.05) is 0 Å². The maximum absolute atomic E-state index is 2.51. The largest absolute Gasteiger partial charge is 0.308 e. The molecule has 0 bridgehead atoms. The number of hydrogen-bond acceptors (Lipinski definition) is 0. The molecule has 9 rings (SSSR count).